The predicted molar refractivity (Wildman–Crippen MR) is 135 cm³/mol. The Morgan fingerprint density at radius 3 is 2.85 bits per heavy atom. The second-order valence-electron chi connectivity index (χ2n) is 7.75. The van der Waals surface area contributed by atoms with Crippen LogP contribution in [0.25, 0.3) is 11.3 Å². The summed E-state index contributed by atoms with van der Waals surface area (Å²) in [5, 5.41) is 10.0. The number of rotatable bonds is 6. The third-order valence-corrected chi connectivity index (χ3v) is 6.09. The molecule has 0 saturated heterocycles. The van der Waals surface area contributed by atoms with Gasteiger partial charge in [-0.2, -0.15) is 5.10 Å². The van der Waals surface area contributed by atoms with E-state index in [0.717, 1.165) is 45.9 Å². The van der Waals surface area contributed by atoms with Crippen molar-refractivity contribution in [2.75, 3.05) is 11.9 Å². The summed E-state index contributed by atoms with van der Waals surface area (Å²) in [6, 6.07) is 19.7. The summed E-state index contributed by atoms with van der Waals surface area (Å²) in [7, 11) is 0. The monoisotopic (exact) mass is 469 g/mol. The molecule has 2 aromatic heterocycles. The van der Waals surface area contributed by atoms with Crippen molar-refractivity contribution in [2.24, 2.45) is 10.1 Å². The Hall–Kier alpha value is -4.04. The highest BCUT2D eigenvalue weighted by Crippen LogP contribution is 2.33. The predicted octanol–water partition coefficient (Wildman–Crippen LogP) is 5.23. The summed E-state index contributed by atoms with van der Waals surface area (Å²) < 4.78 is 7.40. The molecule has 5 rings (SSSR count). The van der Waals surface area contributed by atoms with Gasteiger partial charge in [-0.1, -0.05) is 43.7 Å². The number of benzene rings is 2. The standard InChI is InChI=1S/C26H23N5O2S/c1-2-7-21(18-8-4-3-5-9-18)30-31-23(17-34-26(31)28-20-10-6-13-27-15-20)19-11-12-24-22(14-19)29-25(32)16-33-24/h3-6,8-15,17H,2,7,16H2,1H3,(H,29,32). The van der Waals surface area contributed by atoms with Crippen molar-refractivity contribution in [2.45, 2.75) is 19.8 Å². The van der Waals surface area contributed by atoms with Crippen LogP contribution in [0.15, 0.2) is 88.5 Å². The fourth-order valence-electron chi connectivity index (χ4n) is 3.68. The van der Waals surface area contributed by atoms with Crippen molar-refractivity contribution in [1.29, 1.82) is 0 Å². The third-order valence-electron chi connectivity index (χ3n) is 5.28. The Labute approximate surface area is 201 Å². The average Bonchev–Trinajstić information content (AvgIpc) is 3.26. The van der Waals surface area contributed by atoms with Crippen LogP contribution in [0.5, 0.6) is 5.75 Å². The Morgan fingerprint density at radius 2 is 2.06 bits per heavy atom. The number of anilines is 1. The first-order chi connectivity index (χ1) is 16.7. The van der Waals surface area contributed by atoms with Gasteiger partial charge in [0.05, 0.1) is 29.0 Å². The van der Waals surface area contributed by atoms with E-state index in [0.29, 0.717) is 11.4 Å². The van der Waals surface area contributed by atoms with E-state index in [1.807, 2.05) is 58.6 Å². The minimum Gasteiger partial charge on any atom is -0.482 e. The van der Waals surface area contributed by atoms with Gasteiger partial charge in [0, 0.05) is 17.1 Å². The van der Waals surface area contributed by atoms with Crippen molar-refractivity contribution >= 4 is 34.3 Å². The zero-order chi connectivity index (χ0) is 23.3. The van der Waals surface area contributed by atoms with Crippen LogP contribution in [0, 0.1) is 0 Å². The van der Waals surface area contributed by atoms with Gasteiger partial charge >= 0.3 is 0 Å². The molecule has 8 heteroatoms. The van der Waals surface area contributed by atoms with Gasteiger partial charge in [-0.15, -0.1) is 11.3 Å². The second-order valence-corrected chi connectivity index (χ2v) is 8.59. The first kappa shape index (κ1) is 21.8. The molecule has 2 aromatic carbocycles. The first-order valence-electron chi connectivity index (χ1n) is 11.1. The molecule has 3 heterocycles. The normalized spacial score (nSPS) is 13.9. The van der Waals surface area contributed by atoms with E-state index in [-0.39, 0.29) is 12.5 Å². The molecule has 0 saturated carbocycles. The van der Waals surface area contributed by atoms with Crippen LogP contribution < -0.4 is 14.9 Å². The van der Waals surface area contributed by atoms with Crippen LogP contribution in [0.2, 0.25) is 0 Å². The van der Waals surface area contributed by atoms with Crippen molar-refractivity contribution in [3.8, 4) is 17.0 Å². The summed E-state index contributed by atoms with van der Waals surface area (Å²) in [4.78, 5) is 21.6. The molecule has 34 heavy (non-hydrogen) atoms. The van der Waals surface area contributed by atoms with Gasteiger partial charge < -0.3 is 10.1 Å². The summed E-state index contributed by atoms with van der Waals surface area (Å²) in [5.41, 5.74) is 5.24. The van der Waals surface area contributed by atoms with E-state index in [1.54, 1.807) is 12.4 Å². The molecule has 170 valence electrons. The van der Waals surface area contributed by atoms with Crippen LogP contribution in [-0.2, 0) is 4.79 Å². The fourth-order valence-corrected chi connectivity index (χ4v) is 4.54. The summed E-state index contributed by atoms with van der Waals surface area (Å²) in [6.45, 7) is 2.17. The minimum absolute atomic E-state index is 0.0285. The number of thiazole rings is 1. The highest BCUT2D eigenvalue weighted by Gasteiger charge is 2.18. The molecule has 1 aliphatic heterocycles. The maximum atomic E-state index is 11.8. The molecule has 4 aromatic rings. The van der Waals surface area contributed by atoms with E-state index >= 15 is 0 Å². The second kappa shape index (κ2) is 9.84. The SMILES string of the molecule is CCCC(=Nn1c(-c2ccc3c(c2)NC(=O)CO3)csc1=Nc1cccnc1)c1ccccc1. The lowest BCUT2D eigenvalue weighted by atomic mass is 10.1. The van der Waals surface area contributed by atoms with Crippen molar-refractivity contribution in [1.82, 2.24) is 9.66 Å². The molecule has 1 N–H and O–H groups in total. The number of carbonyl (C=O) groups is 1. The van der Waals surface area contributed by atoms with E-state index in [9.17, 15) is 4.79 Å². The first-order valence-corrected chi connectivity index (χ1v) is 11.9. The molecular formula is C26H23N5O2S. The van der Waals surface area contributed by atoms with Crippen molar-refractivity contribution in [3.63, 3.8) is 0 Å². The quantitative estimate of drug-likeness (QED) is 0.393. The number of nitrogens with one attached hydrogen (secondary N) is 1. The number of fused-ring (bicyclic) bond motifs is 1. The fraction of sp³-hybridized carbons (Fsp3) is 0.154. The van der Waals surface area contributed by atoms with Crippen molar-refractivity contribution in [3.05, 3.63) is 88.8 Å². The third kappa shape index (κ3) is 4.67. The number of ether oxygens (including phenoxy) is 1. The molecule has 1 aliphatic rings. The summed E-state index contributed by atoms with van der Waals surface area (Å²) >= 11 is 1.50. The smallest absolute Gasteiger partial charge is 0.262 e. The highest BCUT2D eigenvalue weighted by molar-refractivity contribution is 7.07. The van der Waals surface area contributed by atoms with E-state index in [4.69, 9.17) is 14.8 Å². The molecule has 0 aliphatic carbocycles. The van der Waals surface area contributed by atoms with Crippen molar-refractivity contribution < 1.29 is 9.53 Å². The van der Waals surface area contributed by atoms with Gasteiger partial charge in [0.25, 0.3) is 5.91 Å². The number of nitrogens with zero attached hydrogens (tertiary/aromatic N) is 4. The van der Waals surface area contributed by atoms with E-state index < -0.39 is 0 Å². The molecule has 0 fully saturated rings. The molecular weight excluding hydrogens is 446 g/mol. The molecule has 7 nitrogen and oxygen atoms in total. The highest BCUT2D eigenvalue weighted by atomic mass is 32.1. The lowest BCUT2D eigenvalue weighted by molar-refractivity contribution is -0.118. The van der Waals surface area contributed by atoms with E-state index in [1.165, 1.54) is 11.3 Å². The number of hydrogen-bond donors (Lipinski definition) is 1. The number of hydrogen-bond acceptors (Lipinski definition) is 6. The van der Waals surface area contributed by atoms with Gasteiger partial charge in [0.15, 0.2) is 6.61 Å². The molecule has 0 atom stereocenters. The molecule has 0 unspecified atom stereocenters. The number of carbonyl (C=O) groups excluding carboxylic acids is 1. The van der Waals surface area contributed by atoms with Gasteiger partial charge in [-0.05, 0) is 42.3 Å². The Balaban J connectivity index is 1.69. The maximum Gasteiger partial charge on any atom is 0.262 e. The van der Waals surface area contributed by atoms with Gasteiger partial charge in [-0.25, -0.2) is 9.67 Å². The average molecular weight is 470 g/mol. The Morgan fingerprint density at radius 1 is 1.18 bits per heavy atom. The summed E-state index contributed by atoms with van der Waals surface area (Å²) in [5.74, 6) is 0.493. The number of aromatic nitrogens is 2. The zero-order valence-electron chi connectivity index (χ0n) is 18.6. The van der Waals surface area contributed by atoms with Gasteiger partial charge in [0.1, 0.15) is 5.75 Å². The lowest BCUT2D eigenvalue weighted by Gasteiger charge is -2.18. The maximum absolute atomic E-state index is 11.8. The summed E-state index contributed by atoms with van der Waals surface area (Å²) in [6.07, 6.45) is 5.24. The van der Waals surface area contributed by atoms with Crippen LogP contribution in [0.1, 0.15) is 25.3 Å². The van der Waals surface area contributed by atoms with Gasteiger partial charge in [0.2, 0.25) is 4.80 Å². The lowest BCUT2D eigenvalue weighted by Crippen LogP contribution is -2.25. The molecule has 0 bridgehead atoms. The topological polar surface area (TPSA) is 80.9 Å². The zero-order valence-corrected chi connectivity index (χ0v) is 19.5. The Bertz CT molecular complexity index is 1410. The molecule has 1 amide bonds. The van der Waals surface area contributed by atoms with Crippen LogP contribution in [0.3, 0.4) is 0 Å². The van der Waals surface area contributed by atoms with E-state index in [2.05, 4.69) is 29.4 Å². The molecule has 0 radical (unpaired) electrons. The Kier molecular flexibility index (Phi) is 6.31. The molecule has 0 spiro atoms. The largest absolute Gasteiger partial charge is 0.482 e. The number of pyridine rings is 1. The van der Waals surface area contributed by atoms with Crippen LogP contribution in [0.4, 0.5) is 11.4 Å². The minimum atomic E-state index is -0.164. The van der Waals surface area contributed by atoms with Crippen LogP contribution >= 0.6 is 11.3 Å². The van der Waals surface area contributed by atoms with Crippen LogP contribution in [-0.4, -0.2) is 27.9 Å². The number of amides is 1. The van der Waals surface area contributed by atoms with Gasteiger partial charge in [-0.3, -0.25) is 9.78 Å².